The first-order valence-corrected chi connectivity index (χ1v) is 6.05. The average molecular weight is 235 g/mol. The van der Waals surface area contributed by atoms with Gasteiger partial charge in [-0.3, -0.25) is 0 Å². The van der Waals surface area contributed by atoms with Gasteiger partial charge in [0.15, 0.2) is 5.11 Å². The first-order chi connectivity index (χ1) is 7.81. The van der Waals surface area contributed by atoms with E-state index in [4.69, 9.17) is 12.2 Å². The zero-order valence-electron chi connectivity index (χ0n) is 9.49. The molecule has 0 bridgehead atoms. The Hall–Kier alpha value is -1.29. The van der Waals surface area contributed by atoms with Crippen LogP contribution in [0.4, 0.5) is 11.4 Å². The third-order valence-electron chi connectivity index (χ3n) is 2.83. The van der Waals surface area contributed by atoms with Gasteiger partial charge in [0.05, 0.1) is 11.4 Å². The molecular weight excluding hydrogens is 218 g/mol. The summed E-state index contributed by atoms with van der Waals surface area (Å²) in [5.41, 5.74) is 2.33. The first-order valence-electron chi connectivity index (χ1n) is 5.64. The van der Waals surface area contributed by atoms with Gasteiger partial charge in [-0.2, -0.15) is 0 Å². The molecule has 16 heavy (non-hydrogen) atoms. The summed E-state index contributed by atoms with van der Waals surface area (Å²) in [4.78, 5) is 2.40. The van der Waals surface area contributed by atoms with Gasteiger partial charge in [-0.25, -0.2) is 0 Å². The highest BCUT2D eigenvalue weighted by Crippen LogP contribution is 2.28. The van der Waals surface area contributed by atoms with Crippen LogP contribution in [0.5, 0.6) is 0 Å². The number of nitrogens with one attached hydrogen (secondary N) is 2. The van der Waals surface area contributed by atoms with E-state index in [1.165, 1.54) is 18.5 Å². The molecule has 1 aromatic rings. The summed E-state index contributed by atoms with van der Waals surface area (Å²) in [5.74, 6) is 0. The minimum atomic E-state index is 0.659. The number of rotatable bonds is 2. The van der Waals surface area contributed by atoms with Crippen LogP contribution in [0.1, 0.15) is 12.8 Å². The summed E-state index contributed by atoms with van der Waals surface area (Å²) < 4.78 is 0. The molecule has 1 fully saturated rings. The van der Waals surface area contributed by atoms with Crippen molar-refractivity contribution in [1.29, 1.82) is 0 Å². The van der Waals surface area contributed by atoms with Gasteiger partial charge in [-0.15, -0.1) is 0 Å². The van der Waals surface area contributed by atoms with Gasteiger partial charge in [0.25, 0.3) is 0 Å². The maximum Gasteiger partial charge on any atom is 0.170 e. The summed E-state index contributed by atoms with van der Waals surface area (Å²) in [6.07, 6.45) is 2.57. The average Bonchev–Trinajstić information content (AvgIpc) is 2.83. The van der Waals surface area contributed by atoms with Crippen LogP contribution in [-0.4, -0.2) is 25.2 Å². The number of thiocarbonyl (C=S) groups is 1. The minimum Gasteiger partial charge on any atom is -0.370 e. The number of hydrogen-bond donors (Lipinski definition) is 2. The van der Waals surface area contributed by atoms with Gasteiger partial charge in [0.1, 0.15) is 0 Å². The van der Waals surface area contributed by atoms with E-state index >= 15 is 0 Å². The van der Waals surface area contributed by atoms with E-state index in [9.17, 15) is 0 Å². The van der Waals surface area contributed by atoms with E-state index < -0.39 is 0 Å². The van der Waals surface area contributed by atoms with Gasteiger partial charge in [-0.05, 0) is 37.2 Å². The molecule has 1 saturated heterocycles. The molecule has 0 aliphatic carbocycles. The molecule has 0 saturated carbocycles. The SMILES string of the molecule is CNC(=S)Nc1ccccc1N1CCCC1. The van der Waals surface area contributed by atoms with Gasteiger partial charge in [0, 0.05) is 20.1 Å². The van der Waals surface area contributed by atoms with Gasteiger partial charge < -0.3 is 15.5 Å². The Labute approximate surface area is 102 Å². The molecule has 1 aliphatic heterocycles. The van der Waals surface area contributed by atoms with E-state index in [-0.39, 0.29) is 0 Å². The molecule has 2 N–H and O–H groups in total. The van der Waals surface area contributed by atoms with Crippen molar-refractivity contribution in [3.63, 3.8) is 0 Å². The Morgan fingerprint density at radius 1 is 1.25 bits per heavy atom. The largest absolute Gasteiger partial charge is 0.370 e. The Morgan fingerprint density at radius 2 is 1.94 bits per heavy atom. The second kappa shape index (κ2) is 5.16. The zero-order valence-corrected chi connectivity index (χ0v) is 10.3. The lowest BCUT2D eigenvalue weighted by Gasteiger charge is -2.21. The van der Waals surface area contributed by atoms with Crippen LogP contribution in [0.3, 0.4) is 0 Å². The fraction of sp³-hybridized carbons (Fsp3) is 0.417. The third-order valence-corrected chi connectivity index (χ3v) is 3.13. The quantitative estimate of drug-likeness (QED) is 0.769. The molecule has 1 heterocycles. The topological polar surface area (TPSA) is 27.3 Å². The third kappa shape index (κ3) is 2.44. The van der Waals surface area contributed by atoms with Crippen molar-refractivity contribution in [1.82, 2.24) is 5.32 Å². The van der Waals surface area contributed by atoms with Crippen molar-refractivity contribution in [2.24, 2.45) is 0 Å². The van der Waals surface area contributed by atoms with Crippen LogP contribution in [0, 0.1) is 0 Å². The van der Waals surface area contributed by atoms with Gasteiger partial charge in [0.2, 0.25) is 0 Å². The maximum absolute atomic E-state index is 5.13. The molecular formula is C12H17N3S. The Bertz CT molecular complexity index is 372. The van der Waals surface area contributed by atoms with Crippen molar-refractivity contribution >= 4 is 28.7 Å². The highest BCUT2D eigenvalue weighted by molar-refractivity contribution is 7.80. The number of para-hydroxylation sites is 2. The fourth-order valence-electron chi connectivity index (χ4n) is 2.00. The second-order valence-electron chi connectivity index (χ2n) is 3.92. The summed E-state index contributed by atoms with van der Waals surface area (Å²) in [5, 5.41) is 6.81. The lowest BCUT2D eigenvalue weighted by Crippen LogP contribution is -2.26. The summed E-state index contributed by atoms with van der Waals surface area (Å²) >= 11 is 5.13. The number of nitrogens with zero attached hydrogens (tertiary/aromatic N) is 1. The summed E-state index contributed by atoms with van der Waals surface area (Å²) in [6, 6.07) is 8.31. The lowest BCUT2D eigenvalue weighted by molar-refractivity contribution is 0.949. The van der Waals surface area contributed by atoms with Crippen molar-refractivity contribution < 1.29 is 0 Å². The van der Waals surface area contributed by atoms with Crippen LogP contribution in [0.2, 0.25) is 0 Å². The van der Waals surface area contributed by atoms with E-state index in [0.29, 0.717) is 5.11 Å². The second-order valence-corrected chi connectivity index (χ2v) is 4.32. The lowest BCUT2D eigenvalue weighted by atomic mass is 10.2. The molecule has 0 spiro atoms. The van der Waals surface area contributed by atoms with Crippen molar-refractivity contribution in [3.05, 3.63) is 24.3 Å². The highest BCUT2D eigenvalue weighted by atomic mass is 32.1. The van der Waals surface area contributed by atoms with Crippen molar-refractivity contribution in [3.8, 4) is 0 Å². The maximum atomic E-state index is 5.13. The Morgan fingerprint density at radius 3 is 2.62 bits per heavy atom. The predicted octanol–water partition coefficient (Wildman–Crippen LogP) is 2.20. The monoisotopic (exact) mass is 235 g/mol. The molecule has 2 rings (SSSR count). The molecule has 0 atom stereocenters. The zero-order chi connectivity index (χ0) is 11.4. The molecule has 0 unspecified atom stereocenters. The van der Waals surface area contributed by atoms with Crippen LogP contribution in [0.25, 0.3) is 0 Å². The Kier molecular flexibility index (Phi) is 3.62. The number of hydrogen-bond acceptors (Lipinski definition) is 2. The molecule has 86 valence electrons. The first kappa shape index (κ1) is 11.2. The van der Waals surface area contributed by atoms with E-state index in [1.807, 2.05) is 13.1 Å². The smallest absolute Gasteiger partial charge is 0.170 e. The van der Waals surface area contributed by atoms with Crippen LogP contribution in [0.15, 0.2) is 24.3 Å². The van der Waals surface area contributed by atoms with Gasteiger partial charge in [-0.1, -0.05) is 12.1 Å². The van der Waals surface area contributed by atoms with Crippen LogP contribution >= 0.6 is 12.2 Å². The summed E-state index contributed by atoms with van der Waals surface area (Å²) in [7, 11) is 1.83. The molecule has 3 nitrogen and oxygen atoms in total. The predicted molar refractivity (Wildman–Crippen MR) is 73.2 cm³/mol. The molecule has 0 radical (unpaired) electrons. The number of anilines is 2. The van der Waals surface area contributed by atoms with Crippen LogP contribution < -0.4 is 15.5 Å². The van der Waals surface area contributed by atoms with E-state index in [2.05, 4.69) is 33.7 Å². The van der Waals surface area contributed by atoms with Crippen molar-refractivity contribution in [2.75, 3.05) is 30.4 Å². The fourth-order valence-corrected chi connectivity index (χ4v) is 2.11. The van der Waals surface area contributed by atoms with E-state index in [0.717, 1.165) is 18.8 Å². The van der Waals surface area contributed by atoms with Crippen molar-refractivity contribution in [2.45, 2.75) is 12.8 Å². The van der Waals surface area contributed by atoms with E-state index in [1.54, 1.807) is 0 Å². The summed E-state index contributed by atoms with van der Waals surface area (Å²) in [6.45, 7) is 2.29. The molecule has 0 amide bonds. The molecule has 0 aromatic heterocycles. The molecule has 1 aromatic carbocycles. The standard InChI is InChI=1S/C12H17N3S/c1-13-12(16)14-10-6-2-3-7-11(10)15-8-4-5-9-15/h2-3,6-7H,4-5,8-9H2,1H3,(H2,13,14,16). The Balaban J connectivity index is 2.19. The number of benzene rings is 1. The highest BCUT2D eigenvalue weighted by Gasteiger charge is 2.15. The minimum absolute atomic E-state index is 0.659. The molecule has 1 aliphatic rings. The van der Waals surface area contributed by atoms with Crippen LogP contribution in [-0.2, 0) is 0 Å². The normalized spacial score (nSPS) is 14.9. The molecule has 4 heteroatoms. The van der Waals surface area contributed by atoms with Gasteiger partial charge >= 0.3 is 0 Å².